The summed E-state index contributed by atoms with van der Waals surface area (Å²) in [6.45, 7) is 0. The van der Waals surface area contributed by atoms with Gasteiger partial charge in [-0.05, 0) is 23.8 Å². The molecule has 3 aromatic rings. The van der Waals surface area contributed by atoms with Gasteiger partial charge in [-0.1, -0.05) is 11.3 Å². The van der Waals surface area contributed by atoms with Crippen LogP contribution in [-0.4, -0.2) is 55.6 Å². The number of hydrazone groups is 1. The zero-order valence-electron chi connectivity index (χ0n) is 14.4. The quantitative estimate of drug-likeness (QED) is 0.323. The second-order valence-corrected chi connectivity index (χ2v) is 6.25. The van der Waals surface area contributed by atoms with Crippen LogP contribution in [0, 0.1) is 0 Å². The highest BCUT2D eigenvalue weighted by atomic mass is 32.1. The van der Waals surface area contributed by atoms with E-state index < -0.39 is 11.8 Å². The number of amides is 2. The van der Waals surface area contributed by atoms with Gasteiger partial charge in [-0.2, -0.15) is 10.2 Å². The summed E-state index contributed by atoms with van der Waals surface area (Å²) >= 11 is 1.05. The lowest BCUT2D eigenvalue weighted by Crippen LogP contribution is -2.19. The standard InChI is InChI=1S/C15H14N8O4S/c1-27-10-4-8(2-3-9(10)24)6-17-20-11(25)5-12-21-23-15(28-12)19-14(26)13-16-7-18-22-13/h2-4,6-7,24H,5H2,1H3,(H,20,25)(H,16,18,22)(H,19,23,26). The molecule has 3 rings (SSSR count). The first kappa shape index (κ1) is 18.9. The van der Waals surface area contributed by atoms with Gasteiger partial charge in [-0.3, -0.25) is 20.0 Å². The van der Waals surface area contributed by atoms with Crippen LogP contribution in [-0.2, 0) is 11.2 Å². The van der Waals surface area contributed by atoms with Gasteiger partial charge in [-0.25, -0.2) is 10.4 Å². The van der Waals surface area contributed by atoms with E-state index in [4.69, 9.17) is 4.74 Å². The number of nitrogens with one attached hydrogen (secondary N) is 3. The topological polar surface area (TPSA) is 167 Å². The first-order valence-electron chi connectivity index (χ1n) is 7.73. The molecule has 2 aromatic heterocycles. The van der Waals surface area contributed by atoms with Gasteiger partial charge >= 0.3 is 0 Å². The lowest BCUT2D eigenvalue weighted by molar-refractivity contribution is -0.120. The molecular formula is C15H14N8O4S. The lowest BCUT2D eigenvalue weighted by Gasteiger charge is -2.03. The van der Waals surface area contributed by atoms with Crippen LogP contribution >= 0.6 is 11.3 Å². The molecule has 2 heterocycles. The Balaban J connectivity index is 1.51. The van der Waals surface area contributed by atoms with E-state index >= 15 is 0 Å². The summed E-state index contributed by atoms with van der Waals surface area (Å²) in [5, 5.41) is 30.1. The molecule has 1 aromatic carbocycles. The molecule has 4 N–H and O–H groups in total. The molecule has 0 unspecified atom stereocenters. The molecule has 0 aliphatic rings. The number of aromatic nitrogens is 5. The molecule has 0 saturated carbocycles. The third-order valence-corrected chi connectivity index (χ3v) is 4.07. The molecule has 0 atom stereocenters. The van der Waals surface area contributed by atoms with Gasteiger partial charge < -0.3 is 9.84 Å². The Morgan fingerprint density at radius 1 is 1.39 bits per heavy atom. The first-order chi connectivity index (χ1) is 13.5. The number of phenols is 1. The number of hydrogen-bond donors (Lipinski definition) is 4. The average Bonchev–Trinajstić information content (AvgIpc) is 3.35. The molecule has 2 amide bonds. The fourth-order valence-corrected chi connectivity index (χ4v) is 2.71. The van der Waals surface area contributed by atoms with E-state index in [1.165, 1.54) is 25.7 Å². The van der Waals surface area contributed by atoms with E-state index in [2.05, 4.69) is 41.2 Å². The normalized spacial score (nSPS) is 10.8. The lowest BCUT2D eigenvalue weighted by atomic mass is 10.2. The Morgan fingerprint density at radius 3 is 3.00 bits per heavy atom. The van der Waals surface area contributed by atoms with Crippen molar-refractivity contribution in [3.8, 4) is 11.5 Å². The number of rotatable bonds is 7. The predicted molar refractivity (Wildman–Crippen MR) is 98.3 cm³/mol. The van der Waals surface area contributed by atoms with Crippen LogP contribution in [0.15, 0.2) is 29.6 Å². The summed E-state index contributed by atoms with van der Waals surface area (Å²) in [5.41, 5.74) is 2.99. The number of hydrogen-bond acceptors (Lipinski definition) is 10. The van der Waals surface area contributed by atoms with E-state index in [1.807, 2.05) is 0 Å². The maximum atomic E-state index is 11.9. The van der Waals surface area contributed by atoms with E-state index in [0.29, 0.717) is 16.3 Å². The summed E-state index contributed by atoms with van der Waals surface area (Å²) in [4.78, 5) is 27.5. The molecule has 28 heavy (non-hydrogen) atoms. The second-order valence-electron chi connectivity index (χ2n) is 5.19. The summed E-state index contributed by atoms with van der Waals surface area (Å²) < 4.78 is 4.99. The zero-order valence-corrected chi connectivity index (χ0v) is 15.2. The van der Waals surface area contributed by atoms with Crippen molar-refractivity contribution in [2.45, 2.75) is 6.42 Å². The van der Waals surface area contributed by atoms with Crippen molar-refractivity contribution in [1.29, 1.82) is 0 Å². The summed E-state index contributed by atoms with van der Waals surface area (Å²) in [6, 6.07) is 4.64. The molecule has 0 spiro atoms. The van der Waals surface area contributed by atoms with Crippen LogP contribution in [0.5, 0.6) is 11.5 Å². The Labute approximate surface area is 161 Å². The second kappa shape index (κ2) is 8.68. The van der Waals surface area contributed by atoms with Gasteiger partial charge in [0.25, 0.3) is 5.91 Å². The van der Waals surface area contributed by atoms with Gasteiger partial charge in [0.2, 0.25) is 16.9 Å². The van der Waals surface area contributed by atoms with Gasteiger partial charge in [0.15, 0.2) is 11.5 Å². The van der Waals surface area contributed by atoms with Crippen LogP contribution in [0.25, 0.3) is 0 Å². The van der Waals surface area contributed by atoms with Crippen molar-refractivity contribution in [3.63, 3.8) is 0 Å². The average molecular weight is 402 g/mol. The smallest absolute Gasteiger partial charge is 0.294 e. The number of carbonyl (C=O) groups excluding carboxylic acids is 2. The molecule has 13 heteroatoms. The van der Waals surface area contributed by atoms with Crippen molar-refractivity contribution in [2.24, 2.45) is 5.10 Å². The molecule has 144 valence electrons. The Morgan fingerprint density at radius 2 is 2.25 bits per heavy atom. The number of H-pyrrole nitrogens is 1. The number of aromatic amines is 1. The van der Waals surface area contributed by atoms with Crippen LogP contribution in [0.2, 0.25) is 0 Å². The number of carbonyl (C=O) groups is 2. The third-order valence-electron chi connectivity index (χ3n) is 3.24. The third kappa shape index (κ3) is 4.85. The van der Waals surface area contributed by atoms with Gasteiger partial charge in [-0.15, -0.1) is 10.2 Å². The number of anilines is 1. The number of ether oxygens (including phenoxy) is 1. The molecular weight excluding hydrogens is 388 g/mol. The van der Waals surface area contributed by atoms with E-state index in [1.54, 1.807) is 12.1 Å². The number of methoxy groups -OCH3 is 1. The minimum atomic E-state index is -0.515. The SMILES string of the molecule is COc1cc(C=NNC(=O)Cc2nnc(NC(=O)c3ncn[nH]3)s2)ccc1O. The van der Waals surface area contributed by atoms with Crippen molar-refractivity contribution in [3.05, 3.63) is 40.9 Å². The fraction of sp³-hybridized carbons (Fsp3) is 0.133. The maximum Gasteiger partial charge on any atom is 0.294 e. The largest absolute Gasteiger partial charge is 0.504 e. The number of phenolic OH excluding ortho intramolecular Hbond substituents is 1. The van der Waals surface area contributed by atoms with Crippen LogP contribution in [0.4, 0.5) is 5.13 Å². The highest BCUT2D eigenvalue weighted by molar-refractivity contribution is 7.15. The summed E-state index contributed by atoms with van der Waals surface area (Å²) in [6.07, 6.45) is 2.55. The van der Waals surface area contributed by atoms with Crippen LogP contribution in [0.3, 0.4) is 0 Å². The van der Waals surface area contributed by atoms with Gasteiger partial charge in [0.1, 0.15) is 11.3 Å². The summed E-state index contributed by atoms with van der Waals surface area (Å²) in [5.74, 6) is -0.588. The van der Waals surface area contributed by atoms with E-state index in [9.17, 15) is 14.7 Å². The minimum Gasteiger partial charge on any atom is -0.504 e. The monoisotopic (exact) mass is 402 g/mol. The maximum absolute atomic E-state index is 11.9. The number of benzene rings is 1. The first-order valence-corrected chi connectivity index (χ1v) is 8.55. The number of nitrogens with zero attached hydrogens (tertiary/aromatic N) is 5. The predicted octanol–water partition coefficient (Wildman–Crippen LogP) is 0.315. The molecule has 12 nitrogen and oxygen atoms in total. The van der Waals surface area contributed by atoms with Crippen molar-refractivity contribution in [2.75, 3.05) is 12.4 Å². The molecule has 0 aliphatic heterocycles. The van der Waals surface area contributed by atoms with Crippen LogP contribution < -0.4 is 15.5 Å². The minimum absolute atomic E-state index is 0.00570. The van der Waals surface area contributed by atoms with Crippen molar-refractivity contribution < 1.29 is 19.4 Å². The van der Waals surface area contributed by atoms with Crippen molar-refractivity contribution in [1.82, 2.24) is 30.8 Å². The highest BCUT2D eigenvalue weighted by Crippen LogP contribution is 2.25. The molecule has 0 radical (unpaired) electrons. The molecule has 0 fully saturated rings. The molecule has 0 aliphatic carbocycles. The highest BCUT2D eigenvalue weighted by Gasteiger charge is 2.14. The Hall–Kier alpha value is -3.87. The number of aromatic hydroxyl groups is 1. The van der Waals surface area contributed by atoms with E-state index in [0.717, 1.165) is 11.3 Å². The van der Waals surface area contributed by atoms with Gasteiger partial charge in [0, 0.05) is 0 Å². The summed E-state index contributed by atoms with van der Waals surface area (Å²) in [7, 11) is 1.43. The molecule has 0 bridgehead atoms. The Bertz CT molecular complexity index is 1000. The Kier molecular flexibility index (Phi) is 5.86. The zero-order chi connectivity index (χ0) is 19.9. The molecule has 0 saturated heterocycles. The van der Waals surface area contributed by atoms with Gasteiger partial charge in [0.05, 0.1) is 19.7 Å². The fourth-order valence-electron chi connectivity index (χ4n) is 1.98. The van der Waals surface area contributed by atoms with Crippen LogP contribution in [0.1, 0.15) is 21.2 Å². The van der Waals surface area contributed by atoms with E-state index in [-0.39, 0.29) is 23.1 Å². The van der Waals surface area contributed by atoms with Crippen molar-refractivity contribution >= 4 is 34.5 Å².